The van der Waals surface area contributed by atoms with Gasteiger partial charge in [-0.3, -0.25) is 27.3 Å². The number of allylic oxidation sites excluding steroid dienone is 1. The number of rotatable bonds is 14. The van der Waals surface area contributed by atoms with Gasteiger partial charge in [0.15, 0.2) is 0 Å². The summed E-state index contributed by atoms with van der Waals surface area (Å²) in [5, 5.41) is 5.01. The van der Waals surface area contributed by atoms with E-state index in [9.17, 15) is 26.7 Å². The molecule has 268 valence electrons. The Hall–Kier alpha value is -3.24. The highest BCUT2D eigenvalue weighted by molar-refractivity contribution is 5.95. The summed E-state index contributed by atoms with van der Waals surface area (Å²) in [5.74, 6) is 0.279. The number of morpholine rings is 1. The van der Waals surface area contributed by atoms with Gasteiger partial charge in [0.1, 0.15) is 5.82 Å². The number of ether oxygens (including phenoxy) is 1. The first-order chi connectivity index (χ1) is 22.8. The minimum atomic E-state index is -0.218. The summed E-state index contributed by atoms with van der Waals surface area (Å²) >= 11 is 0. The lowest BCUT2D eigenvalue weighted by Gasteiger charge is -2.26. The molecule has 0 spiro atoms. The number of alkyl halides is 4. The third-order valence-electron chi connectivity index (χ3n) is 7.58. The van der Waals surface area contributed by atoms with E-state index in [1.165, 1.54) is 6.07 Å². The molecule has 1 atom stereocenters. The standard InChI is InChI=1S/C33H46FN3O2.4CH3F/c1-6-9-28(11-7-10-25(2)29-12-8-13-30(34)22-29)23-36(5)24-32-26(3)14-15-31(27(32)4)33(38)35-16-17-37-18-20-39-21-19-37;4*1-2/h8,12-15,22,24,28H,2-3,6-7,9-11,16-21,23H2,1,4-5H3,(H,35,38);4*1H3/b32-24+;;;;. The highest BCUT2D eigenvalue weighted by Gasteiger charge is 2.14. The van der Waals surface area contributed by atoms with Crippen LogP contribution in [-0.2, 0) is 4.74 Å². The lowest BCUT2D eigenvalue weighted by atomic mass is 9.93. The van der Waals surface area contributed by atoms with Crippen molar-refractivity contribution in [3.63, 3.8) is 0 Å². The van der Waals surface area contributed by atoms with Crippen molar-refractivity contribution in [2.75, 3.05) is 81.7 Å². The molecule has 0 radical (unpaired) electrons. The second kappa shape index (κ2) is 28.9. The van der Waals surface area contributed by atoms with Crippen molar-refractivity contribution in [2.24, 2.45) is 5.92 Å². The first-order valence-electron chi connectivity index (χ1n) is 15.8. The average molecular weight is 672 g/mol. The van der Waals surface area contributed by atoms with E-state index in [0.717, 1.165) is 98.6 Å². The molecule has 2 aromatic carbocycles. The Morgan fingerprint density at radius 3 is 2.28 bits per heavy atom. The maximum Gasteiger partial charge on any atom is 0.251 e. The Balaban J connectivity index is 0. The number of hydrogen-bond donors (Lipinski definition) is 1. The van der Waals surface area contributed by atoms with Crippen LogP contribution in [0, 0.1) is 18.7 Å². The van der Waals surface area contributed by atoms with Crippen molar-refractivity contribution in [1.82, 2.24) is 15.1 Å². The van der Waals surface area contributed by atoms with Gasteiger partial charge in [0.25, 0.3) is 5.91 Å². The molecule has 0 saturated carbocycles. The van der Waals surface area contributed by atoms with Crippen LogP contribution in [-0.4, -0.2) is 97.4 Å². The molecule has 3 rings (SSSR count). The fourth-order valence-electron chi connectivity index (χ4n) is 5.33. The fraction of sp³-hybridized carbons (Fsp3) is 0.541. The predicted molar refractivity (Wildman–Crippen MR) is 188 cm³/mol. The molecule has 1 unspecified atom stereocenters. The predicted octanol–water partition coefficient (Wildman–Crippen LogP) is 6.92. The van der Waals surface area contributed by atoms with Crippen LogP contribution in [0.2, 0.25) is 0 Å². The molecule has 0 aliphatic carbocycles. The van der Waals surface area contributed by atoms with Crippen molar-refractivity contribution in [2.45, 2.75) is 46.0 Å². The molecule has 1 aliphatic rings. The number of nitrogens with one attached hydrogen (secondary N) is 1. The van der Waals surface area contributed by atoms with E-state index in [-0.39, 0.29) is 11.7 Å². The third kappa shape index (κ3) is 18.0. The minimum Gasteiger partial charge on any atom is -0.380 e. The fourth-order valence-corrected chi connectivity index (χ4v) is 5.33. The topological polar surface area (TPSA) is 44.8 Å². The highest BCUT2D eigenvalue weighted by atomic mass is 19.1. The molecule has 2 aromatic rings. The van der Waals surface area contributed by atoms with Crippen molar-refractivity contribution < 1.29 is 31.5 Å². The summed E-state index contributed by atoms with van der Waals surface area (Å²) in [6.45, 7) is 18.4. The zero-order chi connectivity index (χ0) is 36.2. The van der Waals surface area contributed by atoms with E-state index in [1.807, 2.05) is 25.1 Å². The lowest BCUT2D eigenvalue weighted by molar-refractivity contribution is 0.0383. The number of halogens is 5. The summed E-state index contributed by atoms with van der Waals surface area (Å²) in [5.41, 5.74) is 3.53. The number of carbonyl (C=O) groups excluding carboxylic acids is 1. The quantitative estimate of drug-likeness (QED) is 0.222. The molecular weight excluding hydrogens is 613 g/mol. The minimum absolute atomic E-state index is 0.0413. The number of benzene rings is 2. The maximum absolute atomic E-state index is 13.6. The van der Waals surface area contributed by atoms with Crippen LogP contribution in [0.5, 0.6) is 0 Å². The molecule has 47 heavy (non-hydrogen) atoms. The monoisotopic (exact) mass is 671 g/mol. The van der Waals surface area contributed by atoms with Gasteiger partial charge in [0, 0.05) is 56.8 Å². The van der Waals surface area contributed by atoms with Crippen molar-refractivity contribution in [3.8, 4) is 0 Å². The van der Waals surface area contributed by atoms with Gasteiger partial charge in [0.2, 0.25) is 0 Å². The number of carbonyl (C=O) groups is 1. The molecule has 1 amide bonds. The maximum atomic E-state index is 13.6. The Morgan fingerprint density at radius 2 is 1.68 bits per heavy atom. The van der Waals surface area contributed by atoms with E-state index in [1.54, 1.807) is 12.1 Å². The van der Waals surface area contributed by atoms with Crippen molar-refractivity contribution in [1.29, 1.82) is 0 Å². The third-order valence-corrected chi connectivity index (χ3v) is 7.58. The second-order valence-electron chi connectivity index (χ2n) is 10.8. The van der Waals surface area contributed by atoms with E-state index in [4.69, 9.17) is 4.74 Å². The van der Waals surface area contributed by atoms with Gasteiger partial charge < -0.3 is 15.0 Å². The van der Waals surface area contributed by atoms with Gasteiger partial charge in [-0.1, -0.05) is 44.7 Å². The van der Waals surface area contributed by atoms with Gasteiger partial charge in [0.05, 0.1) is 41.9 Å². The zero-order valence-electron chi connectivity index (χ0n) is 29.6. The summed E-state index contributed by atoms with van der Waals surface area (Å²) < 4.78 is 57.0. The normalized spacial score (nSPS) is 13.1. The summed E-state index contributed by atoms with van der Waals surface area (Å²) in [4.78, 5) is 17.5. The van der Waals surface area contributed by atoms with Gasteiger partial charge in [-0.2, -0.15) is 0 Å². The Morgan fingerprint density at radius 1 is 1.04 bits per heavy atom. The van der Waals surface area contributed by atoms with Gasteiger partial charge >= 0.3 is 0 Å². The first-order valence-corrected chi connectivity index (χ1v) is 15.8. The van der Waals surface area contributed by atoms with E-state index in [2.05, 4.69) is 48.4 Å². The van der Waals surface area contributed by atoms with Crippen LogP contribution < -0.4 is 15.8 Å². The SMILES string of the molecule is C=C(CCCC(CCC)CN(C)/C=c1/c(C)c(C(=O)NCCN2CCOCC2)ccc1=C)c1cccc(F)c1.CF.CF.CF.CF. The molecule has 1 heterocycles. The molecule has 10 heteroatoms. The highest BCUT2D eigenvalue weighted by Crippen LogP contribution is 2.23. The first kappa shape index (κ1) is 45.9. The lowest BCUT2D eigenvalue weighted by Crippen LogP contribution is -2.41. The van der Waals surface area contributed by atoms with Gasteiger partial charge in [-0.25, -0.2) is 4.39 Å². The average Bonchev–Trinajstić information content (AvgIpc) is 3.10. The van der Waals surface area contributed by atoms with Crippen LogP contribution in [0.1, 0.15) is 60.5 Å². The van der Waals surface area contributed by atoms with Crippen molar-refractivity contribution >= 4 is 24.3 Å². The molecule has 5 nitrogen and oxygen atoms in total. The Bertz CT molecular complexity index is 1220. The summed E-state index contributed by atoms with van der Waals surface area (Å²) in [7, 11) is 4.10. The summed E-state index contributed by atoms with van der Waals surface area (Å²) in [6, 6.07) is 10.5. The molecule has 1 fully saturated rings. The number of nitrogens with zero attached hydrogens (tertiary/aromatic N) is 2. The molecule has 1 saturated heterocycles. The van der Waals surface area contributed by atoms with Crippen LogP contribution in [0.25, 0.3) is 18.4 Å². The smallest absolute Gasteiger partial charge is 0.251 e. The molecular formula is C37H58F5N3O2. The zero-order valence-corrected chi connectivity index (χ0v) is 29.6. The van der Waals surface area contributed by atoms with E-state index < -0.39 is 0 Å². The molecule has 0 bridgehead atoms. The van der Waals surface area contributed by atoms with Crippen LogP contribution in [0.4, 0.5) is 22.0 Å². The summed E-state index contributed by atoms with van der Waals surface area (Å²) in [6.07, 6.45) is 7.38. The van der Waals surface area contributed by atoms with E-state index in [0.29, 0.717) is 46.7 Å². The van der Waals surface area contributed by atoms with Crippen LogP contribution in [0.15, 0.2) is 43.0 Å². The van der Waals surface area contributed by atoms with Crippen LogP contribution in [0.3, 0.4) is 0 Å². The second-order valence-corrected chi connectivity index (χ2v) is 10.8. The largest absolute Gasteiger partial charge is 0.380 e. The molecule has 1 aliphatic heterocycles. The van der Waals surface area contributed by atoms with Crippen LogP contribution >= 0.6 is 0 Å². The molecule has 0 aromatic heterocycles. The van der Waals surface area contributed by atoms with E-state index >= 15 is 0 Å². The van der Waals surface area contributed by atoms with Gasteiger partial charge in [-0.05, 0) is 78.6 Å². The molecule has 1 N–H and O–H groups in total. The Kier molecular flexibility index (Phi) is 28.3. The van der Waals surface area contributed by atoms with Crippen molar-refractivity contribution in [3.05, 3.63) is 75.9 Å². The number of hydrogen-bond acceptors (Lipinski definition) is 4. The Labute approximate surface area is 280 Å². The van der Waals surface area contributed by atoms with Gasteiger partial charge in [-0.15, -0.1) is 0 Å². The number of amides is 1.